The average molecular weight is 257 g/mol. The largest absolute Gasteiger partial charge is 0.476 e. The number of rotatable bonds is 5. The molecule has 1 heterocycles. The van der Waals surface area contributed by atoms with Gasteiger partial charge in [-0.15, -0.1) is 11.3 Å². The third-order valence-corrected chi connectivity index (χ3v) is 2.67. The molecule has 0 fully saturated rings. The minimum atomic E-state index is -1.07. The maximum absolute atomic E-state index is 11.4. The van der Waals surface area contributed by atoms with E-state index in [1.165, 1.54) is 16.7 Å². The summed E-state index contributed by atoms with van der Waals surface area (Å²) in [4.78, 5) is 25.9. The molecule has 7 heteroatoms. The number of aromatic carboxylic acids is 1. The maximum atomic E-state index is 11.4. The van der Waals surface area contributed by atoms with Crippen LogP contribution >= 0.6 is 11.3 Å². The van der Waals surface area contributed by atoms with Crippen molar-refractivity contribution in [3.63, 3.8) is 0 Å². The van der Waals surface area contributed by atoms with Crippen molar-refractivity contribution in [2.45, 2.75) is 32.4 Å². The van der Waals surface area contributed by atoms with Crippen LogP contribution in [0.2, 0.25) is 0 Å². The lowest BCUT2D eigenvalue weighted by Gasteiger charge is -2.17. The van der Waals surface area contributed by atoms with Crippen molar-refractivity contribution in [2.24, 2.45) is 5.73 Å². The Morgan fingerprint density at radius 1 is 1.59 bits per heavy atom. The summed E-state index contributed by atoms with van der Waals surface area (Å²) < 4.78 is 0. The second-order valence-corrected chi connectivity index (χ2v) is 5.32. The van der Waals surface area contributed by atoms with Crippen molar-refractivity contribution < 1.29 is 14.7 Å². The van der Waals surface area contributed by atoms with E-state index in [2.05, 4.69) is 10.3 Å². The molecule has 0 spiro atoms. The van der Waals surface area contributed by atoms with Crippen molar-refractivity contribution in [1.82, 2.24) is 10.3 Å². The van der Waals surface area contributed by atoms with E-state index in [-0.39, 0.29) is 24.6 Å². The highest BCUT2D eigenvalue weighted by atomic mass is 32.1. The second-order valence-electron chi connectivity index (χ2n) is 4.37. The lowest BCUT2D eigenvalue weighted by atomic mass is 10.0. The summed E-state index contributed by atoms with van der Waals surface area (Å²) in [6.45, 7) is 3.75. The van der Waals surface area contributed by atoms with Crippen molar-refractivity contribution in [2.75, 3.05) is 0 Å². The van der Waals surface area contributed by atoms with E-state index in [1.807, 2.05) is 0 Å². The Kier molecular flexibility index (Phi) is 4.19. The SMILES string of the molecule is CC(C)(N)CC(=O)NCc1nc(C(=O)O)cs1. The van der Waals surface area contributed by atoms with Crippen LogP contribution in [0.5, 0.6) is 0 Å². The number of hydrogen-bond donors (Lipinski definition) is 3. The lowest BCUT2D eigenvalue weighted by Crippen LogP contribution is -2.38. The number of aromatic nitrogens is 1. The summed E-state index contributed by atoms with van der Waals surface area (Å²) in [5.74, 6) is -1.24. The number of carboxylic acid groups (broad SMARTS) is 1. The van der Waals surface area contributed by atoms with Crippen molar-refractivity contribution >= 4 is 23.2 Å². The second kappa shape index (κ2) is 5.24. The number of nitrogens with one attached hydrogen (secondary N) is 1. The molecule has 0 radical (unpaired) electrons. The van der Waals surface area contributed by atoms with Crippen LogP contribution < -0.4 is 11.1 Å². The van der Waals surface area contributed by atoms with E-state index in [0.717, 1.165) is 0 Å². The maximum Gasteiger partial charge on any atom is 0.355 e. The first-order chi connectivity index (χ1) is 7.78. The summed E-state index contributed by atoms with van der Waals surface area (Å²) in [7, 11) is 0. The Labute approximate surface area is 103 Å². The molecule has 0 aliphatic rings. The van der Waals surface area contributed by atoms with E-state index >= 15 is 0 Å². The van der Waals surface area contributed by atoms with Crippen LogP contribution in [-0.2, 0) is 11.3 Å². The van der Waals surface area contributed by atoms with Gasteiger partial charge in [0.25, 0.3) is 0 Å². The molecular formula is C10H15N3O3S. The molecule has 0 bridgehead atoms. The first-order valence-corrected chi connectivity index (χ1v) is 5.89. The van der Waals surface area contributed by atoms with E-state index in [4.69, 9.17) is 10.8 Å². The monoisotopic (exact) mass is 257 g/mol. The zero-order valence-corrected chi connectivity index (χ0v) is 10.5. The van der Waals surface area contributed by atoms with Gasteiger partial charge in [0.1, 0.15) is 5.01 Å². The molecule has 0 atom stereocenters. The number of carboxylic acids is 1. The predicted octanol–water partition coefficient (Wildman–Crippen LogP) is 0.585. The molecule has 1 aromatic rings. The molecule has 0 aliphatic heterocycles. The van der Waals surface area contributed by atoms with Crippen molar-refractivity contribution in [3.05, 3.63) is 16.1 Å². The average Bonchev–Trinajstić information content (AvgIpc) is 2.60. The fourth-order valence-electron chi connectivity index (χ4n) is 1.14. The molecule has 94 valence electrons. The number of carbonyl (C=O) groups excluding carboxylic acids is 1. The molecule has 0 saturated heterocycles. The minimum Gasteiger partial charge on any atom is -0.476 e. The predicted molar refractivity (Wildman–Crippen MR) is 63.8 cm³/mol. The summed E-state index contributed by atoms with van der Waals surface area (Å²) in [5, 5.41) is 13.3. The number of amides is 1. The third kappa shape index (κ3) is 4.92. The normalized spacial score (nSPS) is 11.2. The molecule has 0 aromatic carbocycles. The third-order valence-electron chi connectivity index (χ3n) is 1.82. The van der Waals surface area contributed by atoms with Gasteiger partial charge in [-0.05, 0) is 13.8 Å². The van der Waals surface area contributed by atoms with Crippen LogP contribution in [0.3, 0.4) is 0 Å². The lowest BCUT2D eigenvalue weighted by molar-refractivity contribution is -0.122. The zero-order chi connectivity index (χ0) is 13.1. The van der Waals surface area contributed by atoms with E-state index in [9.17, 15) is 9.59 Å². The fourth-order valence-corrected chi connectivity index (χ4v) is 1.85. The smallest absolute Gasteiger partial charge is 0.355 e. The van der Waals surface area contributed by atoms with Crippen LogP contribution in [0.1, 0.15) is 35.8 Å². The summed E-state index contributed by atoms with van der Waals surface area (Å²) in [6, 6.07) is 0. The van der Waals surface area contributed by atoms with Gasteiger partial charge in [0.2, 0.25) is 5.91 Å². The molecule has 0 saturated carbocycles. The quantitative estimate of drug-likeness (QED) is 0.715. The first-order valence-electron chi connectivity index (χ1n) is 5.01. The molecule has 1 amide bonds. The molecule has 1 aromatic heterocycles. The Morgan fingerprint density at radius 2 is 2.24 bits per heavy atom. The number of thiazole rings is 1. The molecule has 6 nitrogen and oxygen atoms in total. The minimum absolute atomic E-state index is 0.00148. The van der Waals surface area contributed by atoms with Gasteiger partial charge in [-0.3, -0.25) is 4.79 Å². The standard InChI is InChI=1S/C10H15N3O3S/c1-10(2,11)3-7(14)12-4-8-13-6(5-17-8)9(15)16/h5H,3-4,11H2,1-2H3,(H,12,14)(H,15,16). The van der Waals surface area contributed by atoms with E-state index in [0.29, 0.717) is 5.01 Å². The van der Waals surface area contributed by atoms with Gasteiger partial charge < -0.3 is 16.2 Å². The molecular weight excluding hydrogens is 242 g/mol. The van der Waals surface area contributed by atoms with E-state index in [1.54, 1.807) is 13.8 Å². The van der Waals surface area contributed by atoms with Crippen LogP contribution in [0.15, 0.2) is 5.38 Å². The number of hydrogen-bond acceptors (Lipinski definition) is 5. The van der Waals surface area contributed by atoms with Crippen LogP contribution in [0, 0.1) is 0 Å². The first kappa shape index (κ1) is 13.6. The van der Waals surface area contributed by atoms with Gasteiger partial charge in [-0.25, -0.2) is 9.78 Å². The van der Waals surface area contributed by atoms with Gasteiger partial charge in [0, 0.05) is 17.3 Å². The number of nitrogens with two attached hydrogens (primary N) is 1. The van der Waals surface area contributed by atoms with Gasteiger partial charge in [-0.1, -0.05) is 0 Å². The van der Waals surface area contributed by atoms with Crippen LogP contribution in [0.4, 0.5) is 0 Å². The molecule has 0 aliphatic carbocycles. The Morgan fingerprint density at radius 3 is 2.71 bits per heavy atom. The highest BCUT2D eigenvalue weighted by Crippen LogP contribution is 2.10. The molecule has 17 heavy (non-hydrogen) atoms. The van der Waals surface area contributed by atoms with Gasteiger partial charge in [-0.2, -0.15) is 0 Å². The fraction of sp³-hybridized carbons (Fsp3) is 0.500. The summed E-state index contributed by atoms with van der Waals surface area (Å²) >= 11 is 1.20. The Hall–Kier alpha value is -1.47. The number of nitrogens with zero attached hydrogens (tertiary/aromatic N) is 1. The topological polar surface area (TPSA) is 105 Å². The highest BCUT2D eigenvalue weighted by Gasteiger charge is 2.16. The molecule has 0 unspecified atom stereocenters. The summed E-state index contributed by atoms with van der Waals surface area (Å²) in [5.41, 5.74) is 5.14. The molecule has 4 N–H and O–H groups in total. The van der Waals surface area contributed by atoms with Crippen molar-refractivity contribution in [1.29, 1.82) is 0 Å². The van der Waals surface area contributed by atoms with Crippen LogP contribution in [-0.4, -0.2) is 27.5 Å². The number of carbonyl (C=O) groups is 2. The van der Waals surface area contributed by atoms with Crippen LogP contribution in [0.25, 0.3) is 0 Å². The van der Waals surface area contributed by atoms with Crippen molar-refractivity contribution in [3.8, 4) is 0 Å². The van der Waals surface area contributed by atoms with Gasteiger partial charge >= 0.3 is 5.97 Å². The van der Waals surface area contributed by atoms with Gasteiger partial charge in [0.05, 0.1) is 6.54 Å². The Bertz CT molecular complexity index is 423. The zero-order valence-electron chi connectivity index (χ0n) is 9.69. The molecule has 1 rings (SSSR count). The highest BCUT2D eigenvalue weighted by molar-refractivity contribution is 7.09. The van der Waals surface area contributed by atoms with Gasteiger partial charge in [0.15, 0.2) is 5.69 Å². The van der Waals surface area contributed by atoms with E-state index < -0.39 is 11.5 Å². The Balaban J connectivity index is 2.45. The summed E-state index contributed by atoms with van der Waals surface area (Å²) in [6.07, 6.45) is 0.212.